The van der Waals surface area contributed by atoms with Crippen LogP contribution in [0, 0.1) is 5.92 Å². The fraction of sp³-hybridized carbons (Fsp3) is 0.857. The summed E-state index contributed by atoms with van der Waals surface area (Å²) in [4.78, 5) is 24.0. The summed E-state index contributed by atoms with van der Waals surface area (Å²) in [7, 11) is 1.45. The summed E-state index contributed by atoms with van der Waals surface area (Å²) >= 11 is 0. The van der Waals surface area contributed by atoms with Crippen LogP contribution in [0.1, 0.15) is 48.0 Å². The van der Waals surface area contributed by atoms with Crippen LogP contribution in [-0.4, -0.2) is 36.7 Å². The lowest BCUT2D eigenvalue weighted by Gasteiger charge is -2.28. The Morgan fingerprint density at radius 1 is 1.21 bits per heavy atom. The second kappa shape index (κ2) is 7.48. The molecule has 5 nitrogen and oxygen atoms in total. The highest BCUT2D eigenvalue weighted by atomic mass is 16.6. The van der Waals surface area contributed by atoms with E-state index in [9.17, 15) is 9.59 Å². The molecule has 0 saturated heterocycles. The van der Waals surface area contributed by atoms with Crippen molar-refractivity contribution in [2.24, 2.45) is 5.92 Å². The molecule has 0 heterocycles. The van der Waals surface area contributed by atoms with Crippen molar-refractivity contribution in [3.8, 4) is 0 Å². The number of ether oxygens (including phenoxy) is 2. The Morgan fingerprint density at radius 3 is 2.11 bits per heavy atom. The van der Waals surface area contributed by atoms with E-state index in [-0.39, 0.29) is 11.8 Å². The normalized spacial score (nSPS) is 16.4. The van der Waals surface area contributed by atoms with Crippen LogP contribution in [0.15, 0.2) is 0 Å². The molecular formula is C14H27NO4. The zero-order chi connectivity index (χ0) is 15.2. The van der Waals surface area contributed by atoms with E-state index in [1.54, 1.807) is 27.7 Å². The van der Waals surface area contributed by atoms with Crippen molar-refractivity contribution >= 4 is 11.9 Å². The number of carbonyl (C=O) groups is 2. The number of esters is 1. The van der Waals surface area contributed by atoms with Crippen LogP contribution in [0.3, 0.4) is 0 Å². The van der Waals surface area contributed by atoms with Crippen LogP contribution in [0.2, 0.25) is 0 Å². The van der Waals surface area contributed by atoms with Gasteiger partial charge in [-0.3, -0.25) is 4.79 Å². The summed E-state index contributed by atoms with van der Waals surface area (Å²) in [5, 5.41) is 2.70. The molecule has 19 heavy (non-hydrogen) atoms. The smallest absolute Gasteiger partial charge is 0.329 e. The summed E-state index contributed by atoms with van der Waals surface area (Å²) in [6.07, 6.45) is 0.181. The molecule has 0 fully saturated rings. The van der Waals surface area contributed by atoms with Gasteiger partial charge in [0.25, 0.3) is 0 Å². The first-order chi connectivity index (χ1) is 8.62. The van der Waals surface area contributed by atoms with E-state index in [2.05, 4.69) is 5.32 Å². The van der Waals surface area contributed by atoms with Crippen molar-refractivity contribution in [1.82, 2.24) is 5.32 Å². The van der Waals surface area contributed by atoms with Crippen LogP contribution in [0.25, 0.3) is 0 Å². The van der Waals surface area contributed by atoms with Crippen molar-refractivity contribution in [3.05, 3.63) is 0 Å². The lowest BCUT2D eigenvalue weighted by Crippen LogP contribution is -2.50. The standard InChI is InChI=1S/C14H27NO4/c1-8-9(2)11(13(17)19-14(4,5)6)15-12(16)10(3)18-7/h9-11H,8H2,1-7H3,(H,15,16)/t9-,10?,11-/m0/s1. The van der Waals surface area contributed by atoms with Crippen molar-refractivity contribution in [2.75, 3.05) is 7.11 Å². The molecule has 5 heteroatoms. The monoisotopic (exact) mass is 273 g/mol. The van der Waals surface area contributed by atoms with E-state index in [1.807, 2.05) is 13.8 Å². The molecule has 0 rings (SSSR count). The van der Waals surface area contributed by atoms with Gasteiger partial charge in [-0.15, -0.1) is 0 Å². The van der Waals surface area contributed by atoms with Crippen molar-refractivity contribution < 1.29 is 19.1 Å². The summed E-state index contributed by atoms with van der Waals surface area (Å²) in [6.45, 7) is 10.9. The molecule has 112 valence electrons. The molecule has 0 aromatic carbocycles. The van der Waals surface area contributed by atoms with E-state index in [0.717, 1.165) is 6.42 Å². The Labute approximate surface area is 116 Å². The first-order valence-electron chi connectivity index (χ1n) is 6.68. The highest BCUT2D eigenvalue weighted by molar-refractivity contribution is 5.87. The molecule has 0 bridgehead atoms. The molecule has 1 N–H and O–H groups in total. The predicted octanol–water partition coefficient (Wildman–Crippen LogP) is 1.89. The molecule has 0 aromatic heterocycles. The van der Waals surface area contributed by atoms with Gasteiger partial charge in [0.2, 0.25) is 5.91 Å². The molecule has 0 aromatic rings. The second-order valence-electron chi connectivity index (χ2n) is 5.78. The summed E-state index contributed by atoms with van der Waals surface area (Å²) < 4.78 is 10.3. The molecule has 0 aliphatic carbocycles. The predicted molar refractivity (Wildman–Crippen MR) is 73.7 cm³/mol. The van der Waals surface area contributed by atoms with Gasteiger partial charge in [0.05, 0.1) is 0 Å². The molecule has 0 aliphatic heterocycles. The number of nitrogens with one attached hydrogen (secondary N) is 1. The lowest BCUT2D eigenvalue weighted by molar-refractivity contribution is -0.160. The molecule has 0 aliphatic rings. The van der Waals surface area contributed by atoms with E-state index < -0.39 is 23.7 Å². The quantitative estimate of drug-likeness (QED) is 0.751. The first kappa shape index (κ1) is 17.9. The Balaban J connectivity index is 4.82. The van der Waals surface area contributed by atoms with Gasteiger partial charge in [-0.05, 0) is 33.6 Å². The summed E-state index contributed by atoms with van der Waals surface area (Å²) in [6, 6.07) is -0.644. The minimum Gasteiger partial charge on any atom is -0.458 e. The first-order valence-corrected chi connectivity index (χ1v) is 6.68. The fourth-order valence-corrected chi connectivity index (χ4v) is 1.41. The number of carbonyl (C=O) groups excluding carboxylic acids is 2. The molecule has 1 unspecified atom stereocenters. The van der Waals surface area contributed by atoms with Crippen molar-refractivity contribution in [1.29, 1.82) is 0 Å². The Kier molecular flexibility index (Phi) is 7.05. The van der Waals surface area contributed by atoms with Gasteiger partial charge in [-0.1, -0.05) is 20.3 Å². The lowest BCUT2D eigenvalue weighted by atomic mass is 9.98. The molecule has 0 saturated carbocycles. The van der Waals surface area contributed by atoms with Gasteiger partial charge in [-0.2, -0.15) is 0 Å². The van der Waals surface area contributed by atoms with Crippen molar-refractivity contribution in [2.45, 2.75) is 65.7 Å². The number of methoxy groups -OCH3 is 1. The van der Waals surface area contributed by atoms with Gasteiger partial charge >= 0.3 is 5.97 Å². The fourth-order valence-electron chi connectivity index (χ4n) is 1.41. The van der Waals surface area contributed by atoms with E-state index in [4.69, 9.17) is 9.47 Å². The zero-order valence-electron chi connectivity index (χ0n) is 13.1. The van der Waals surface area contributed by atoms with Gasteiger partial charge in [0.15, 0.2) is 0 Å². The summed E-state index contributed by atoms with van der Waals surface area (Å²) in [5.74, 6) is -0.708. The molecule has 3 atom stereocenters. The van der Waals surface area contributed by atoms with E-state index in [1.165, 1.54) is 7.11 Å². The maximum Gasteiger partial charge on any atom is 0.329 e. The highest BCUT2D eigenvalue weighted by Crippen LogP contribution is 2.15. The van der Waals surface area contributed by atoms with E-state index >= 15 is 0 Å². The molecule has 0 radical (unpaired) electrons. The topological polar surface area (TPSA) is 64.6 Å². The number of rotatable bonds is 6. The second-order valence-corrected chi connectivity index (χ2v) is 5.78. The van der Waals surface area contributed by atoms with Crippen LogP contribution < -0.4 is 5.32 Å². The largest absolute Gasteiger partial charge is 0.458 e. The van der Waals surface area contributed by atoms with Crippen molar-refractivity contribution in [3.63, 3.8) is 0 Å². The average molecular weight is 273 g/mol. The Bertz CT molecular complexity index is 309. The third-order valence-corrected chi connectivity index (χ3v) is 2.89. The molecular weight excluding hydrogens is 246 g/mol. The number of hydrogen-bond donors (Lipinski definition) is 1. The van der Waals surface area contributed by atoms with Gasteiger partial charge in [-0.25, -0.2) is 4.79 Å². The van der Waals surface area contributed by atoms with Gasteiger partial charge < -0.3 is 14.8 Å². The van der Waals surface area contributed by atoms with E-state index in [0.29, 0.717) is 0 Å². The molecule has 1 amide bonds. The Hall–Kier alpha value is -1.10. The summed E-state index contributed by atoms with van der Waals surface area (Å²) in [5.41, 5.74) is -0.569. The van der Waals surface area contributed by atoms with Crippen LogP contribution >= 0.6 is 0 Å². The number of amides is 1. The highest BCUT2D eigenvalue weighted by Gasteiger charge is 2.31. The Morgan fingerprint density at radius 2 is 1.74 bits per heavy atom. The maximum absolute atomic E-state index is 12.1. The maximum atomic E-state index is 12.1. The van der Waals surface area contributed by atoms with Crippen LogP contribution in [0.5, 0.6) is 0 Å². The van der Waals surface area contributed by atoms with Crippen LogP contribution in [0.4, 0.5) is 0 Å². The minimum absolute atomic E-state index is 0.00264. The zero-order valence-corrected chi connectivity index (χ0v) is 13.1. The molecule has 0 spiro atoms. The van der Waals surface area contributed by atoms with Gasteiger partial charge in [0, 0.05) is 7.11 Å². The van der Waals surface area contributed by atoms with Gasteiger partial charge in [0.1, 0.15) is 17.7 Å². The van der Waals surface area contributed by atoms with Crippen LogP contribution in [-0.2, 0) is 19.1 Å². The third-order valence-electron chi connectivity index (χ3n) is 2.89. The third kappa shape index (κ3) is 6.57. The number of hydrogen-bond acceptors (Lipinski definition) is 4. The SMILES string of the molecule is CC[C@H](C)[C@H](NC(=O)C(C)OC)C(=O)OC(C)(C)C. The average Bonchev–Trinajstić information content (AvgIpc) is 2.31. The minimum atomic E-state index is -0.644.